The van der Waals surface area contributed by atoms with E-state index in [4.69, 9.17) is 14.2 Å². The Balaban J connectivity index is 1.83. The van der Waals surface area contributed by atoms with Crippen LogP contribution in [0, 0.1) is 6.92 Å². The number of sulfonamides is 1. The fraction of sp³-hybridized carbons (Fsp3) is 0.292. The zero-order valence-corrected chi connectivity index (χ0v) is 22.0. The SMILES string of the molecule is COC1=NC(c2nnc(NS(=O)(=O)[C@@H](C)[C@H](OC)c3ncc(C)cn3)n2-c2c(O)cccc2OC)=C=C=C1. The third-order valence-electron chi connectivity index (χ3n) is 5.57. The Kier molecular flexibility index (Phi) is 7.60. The molecule has 3 heterocycles. The van der Waals surface area contributed by atoms with Crippen molar-refractivity contribution in [1.82, 2.24) is 24.7 Å². The molecule has 0 saturated carbocycles. The lowest BCUT2D eigenvalue weighted by atomic mass is 10.2. The van der Waals surface area contributed by atoms with Gasteiger partial charge in [-0.15, -0.1) is 10.2 Å². The van der Waals surface area contributed by atoms with Gasteiger partial charge in [0.25, 0.3) is 0 Å². The summed E-state index contributed by atoms with van der Waals surface area (Å²) in [4.78, 5) is 12.7. The van der Waals surface area contributed by atoms with E-state index in [1.54, 1.807) is 24.5 Å². The summed E-state index contributed by atoms with van der Waals surface area (Å²) in [7, 11) is 0.0154. The first-order valence-corrected chi connectivity index (χ1v) is 12.7. The molecule has 1 aliphatic rings. The summed E-state index contributed by atoms with van der Waals surface area (Å²) in [5.41, 5.74) is 6.58. The lowest BCUT2D eigenvalue weighted by Crippen LogP contribution is -2.33. The third kappa shape index (κ3) is 5.15. The summed E-state index contributed by atoms with van der Waals surface area (Å²) in [6.45, 7) is 3.27. The second-order valence-electron chi connectivity index (χ2n) is 8.05. The first kappa shape index (κ1) is 26.6. The minimum atomic E-state index is -4.19. The lowest BCUT2D eigenvalue weighted by molar-refractivity contribution is 0.0949. The van der Waals surface area contributed by atoms with Gasteiger partial charge in [-0.05, 0) is 37.3 Å². The zero-order chi connectivity index (χ0) is 27.4. The highest BCUT2D eigenvalue weighted by Gasteiger charge is 2.35. The highest BCUT2D eigenvalue weighted by molar-refractivity contribution is 7.93. The van der Waals surface area contributed by atoms with E-state index in [9.17, 15) is 13.5 Å². The molecule has 198 valence electrons. The number of aliphatic imine (C=N–C) groups is 1. The largest absolute Gasteiger partial charge is 0.506 e. The maximum absolute atomic E-state index is 13.5. The van der Waals surface area contributed by atoms with Crippen LogP contribution in [0.3, 0.4) is 0 Å². The molecule has 0 aliphatic carbocycles. The van der Waals surface area contributed by atoms with E-state index in [1.807, 2.05) is 6.92 Å². The van der Waals surface area contributed by atoms with Gasteiger partial charge in [0, 0.05) is 19.5 Å². The number of anilines is 1. The van der Waals surface area contributed by atoms with Crippen LogP contribution in [0.2, 0.25) is 0 Å². The Bertz CT molecular complexity index is 1580. The van der Waals surface area contributed by atoms with Gasteiger partial charge in [0.05, 0.1) is 20.3 Å². The Hall–Kier alpha value is -4.48. The van der Waals surface area contributed by atoms with E-state index in [-0.39, 0.29) is 46.4 Å². The molecule has 14 heteroatoms. The van der Waals surface area contributed by atoms with Gasteiger partial charge in [-0.3, -0.25) is 9.29 Å². The summed E-state index contributed by atoms with van der Waals surface area (Å²) >= 11 is 0. The number of phenolic OH excluding ortho intramolecular Hbond substituents is 1. The number of aromatic nitrogens is 5. The van der Waals surface area contributed by atoms with Crippen LogP contribution in [0.25, 0.3) is 11.4 Å². The van der Waals surface area contributed by atoms with Crippen LogP contribution in [-0.4, -0.2) is 70.7 Å². The summed E-state index contributed by atoms with van der Waals surface area (Å²) in [6.07, 6.45) is 3.62. The first-order chi connectivity index (χ1) is 18.2. The van der Waals surface area contributed by atoms with Gasteiger partial charge >= 0.3 is 0 Å². The van der Waals surface area contributed by atoms with Gasteiger partial charge in [-0.25, -0.2) is 23.4 Å². The molecule has 0 spiro atoms. The number of phenols is 1. The van der Waals surface area contributed by atoms with Crippen molar-refractivity contribution in [3.8, 4) is 17.2 Å². The Morgan fingerprint density at radius 1 is 1.11 bits per heavy atom. The number of hydrogen-bond acceptors (Lipinski definition) is 11. The number of rotatable bonds is 9. The van der Waals surface area contributed by atoms with Crippen LogP contribution in [0.5, 0.6) is 11.5 Å². The van der Waals surface area contributed by atoms with Crippen LogP contribution < -0.4 is 9.46 Å². The van der Waals surface area contributed by atoms with E-state index in [1.165, 1.54) is 45.0 Å². The highest BCUT2D eigenvalue weighted by atomic mass is 32.2. The minimum absolute atomic E-state index is 0.0375. The molecule has 1 aromatic carbocycles. The van der Waals surface area contributed by atoms with E-state index < -0.39 is 21.4 Å². The molecule has 2 atom stereocenters. The quantitative estimate of drug-likeness (QED) is 0.386. The molecule has 0 fully saturated rings. The number of hydrogen-bond donors (Lipinski definition) is 2. The molecule has 38 heavy (non-hydrogen) atoms. The molecule has 4 rings (SSSR count). The number of benzene rings is 1. The Morgan fingerprint density at radius 2 is 1.84 bits per heavy atom. The maximum Gasteiger partial charge on any atom is 0.243 e. The molecule has 13 nitrogen and oxygen atoms in total. The number of nitrogens with zero attached hydrogens (tertiary/aromatic N) is 6. The van der Waals surface area contributed by atoms with Crippen LogP contribution in [0.15, 0.2) is 53.1 Å². The fourth-order valence-corrected chi connectivity index (χ4v) is 4.73. The number of aromatic hydroxyl groups is 1. The van der Waals surface area contributed by atoms with E-state index in [0.717, 1.165) is 5.56 Å². The summed E-state index contributed by atoms with van der Waals surface area (Å²) in [6, 6.07) is 4.57. The molecule has 3 aromatic rings. The smallest absolute Gasteiger partial charge is 0.243 e. The molecule has 0 saturated heterocycles. The predicted octanol–water partition coefficient (Wildman–Crippen LogP) is 2.31. The molecular weight excluding hydrogens is 514 g/mol. The monoisotopic (exact) mass is 539 g/mol. The van der Waals surface area contributed by atoms with Crippen LogP contribution >= 0.6 is 0 Å². The fourth-order valence-electron chi connectivity index (χ4n) is 3.60. The van der Waals surface area contributed by atoms with Crippen molar-refractivity contribution in [2.75, 3.05) is 26.1 Å². The second-order valence-corrected chi connectivity index (χ2v) is 10.1. The summed E-state index contributed by atoms with van der Waals surface area (Å²) in [5, 5.41) is 17.8. The summed E-state index contributed by atoms with van der Waals surface area (Å²) in [5.74, 6) is 0.197. The molecule has 0 unspecified atom stereocenters. The number of para-hydroxylation sites is 1. The van der Waals surface area contributed by atoms with Crippen LogP contribution in [0.1, 0.15) is 30.2 Å². The Labute approximate surface area is 218 Å². The maximum atomic E-state index is 13.5. The van der Waals surface area contributed by atoms with Crippen molar-refractivity contribution in [3.63, 3.8) is 0 Å². The minimum Gasteiger partial charge on any atom is -0.506 e. The first-order valence-electron chi connectivity index (χ1n) is 11.2. The number of ether oxygens (including phenoxy) is 3. The predicted molar refractivity (Wildman–Crippen MR) is 138 cm³/mol. The average Bonchev–Trinajstić information content (AvgIpc) is 3.32. The van der Waals surface area contributed by atoms with Crippen LogP contribution in [-0.2, 0) is 19.5 Å². The molecule has 0 radical (unpaired) electrons. The van der Waals surface area contributed by atoms with Crippen molar-refractivity contribution in [1.29, 1.82) is 0 Å². The van der Waals surface area contributed by atoms with Crippen molar-refractivity contribution in [3.05, 3.63) is 65.3 Å². The highest BCUT2D eigenvalue weighted by Crippen LogP contribution is 2.36. The van der Waals surface area contributed by atoms with E-state index in [0.29, 0.717) is 0 Å². The summed E-state index contributed by atoms with van der Waals surface area (Å²) < 4.78 is 46.8. The van der Waals surface area contributed by atoms with Gasteiger partial charge < -0.3 is 19.3 Å². The van der Waals surface area contributed by atoms with Gasteiger partial charge in [0.15, 0.2) is 17.3 Å². The van der Waals surface area contributed by atoms with Crippen LogP contribution in [0.4, 0.5) is 5.95 Å². The van der Waals surface area contributed by atoms with Gasteiger partial charge in [0.2, 0.25) is 21.9 Å². The van der Waals surface area contributed by atoms with E-state index >= 15 is 0 Å². The van der Waals surface area contributed by atoms with Gasteiger partial charge in [-0.1, -0.05) is 11.8 Å². The molecule has 1 aliphatic heterocycles. The molecule has 2 aromatic heterocycles. The van der Waals surface area contributed by atoms with Gasteiger partial charge in [-0.2, -0.15) is 0 Å². The zero-order valence-electron chi connectivity index (χ0n) is 21.2. The molecule has 0 bridgehead atoms. The standard InChI is InChI=1S/C24H25N7O6S/c1-14-12-25-22(26-13-14)21(37-5)15(2)38(33,34)30-24-29-28-23(16-8-6-11-19(27-16)36-4)31(24)20-17(32)9-7-10-18(20)35-3/h7,9-13,15,21,32H,1-5H3,(H,29,30)/t15-,21-/m0/s1. The lowest BCUT2D eigenvalue weighted by Gasteiger charge is -2.22. The van der Waals surface area contributed by atoms with Gasteiger partial charge in [0.1, 0.15) is 28.5 Å². The molecule has 0 amide bonds. The van der Waals surface area contributed by atoms with E-state index in [2.05, 4.69) is 41.3 Å². The van der Waals surface area contributed by atoms with Crippen molar-refractivity contribution < 1.29 is 27.7 Å². The third-order valence-corrected chi connectivity index (χ3v) is 7.27. The number of nitrogens with one attached hydrogen (secondary N) is 1. The number of methoxy groups -OCH3 is 3. The molecular formula is C24H25N7O6S. The topological polar surface area (TPSA) is 163 Å². The second kappa shape index (κ2) is 10.9. The normalized spacial score (nSPS) is 14.4. The number of aryl methyl sites for hydroxylation is 1. The van der Waals surface area contributed by atoms with Crippen molar-refractivity contribution >= 4 is 27.6 Å². The average molecular weight is 540 g/mol. The van der Waals surface area contributed by atoms with Crippen molar-refractivity contribution in [2.45, 2.75) is 25.2 Å². The Morgan fingerprint density at radius 3 is 2.50 bits per heavy atom. The van der Waals surface area contributed by atoms with Crippen molar-refractivity contribution in [2.24, 2.45) is 4.99 Å². The molecule has 2 N–H and O–H groups in total.